The quantitative estimate of drug-likeness (QED) is 0.936. The predicted octanol–water partition coefficient (Wildman–Crippen LogP) is 2.16. The van der Waals surface area contributed by atoms with E-state index in [9.17, 15) is 26.4 Å². The number of nitrogens with one attached hydrogen (secondary N) is 1. The molecule has 2 aromatic rings. The van der Waals surface area contributed by atoms with Crippen molar-refractivity contribution in [2.24, 2.45) is 7.05 Å². The molecule has 0 aliphatic carbocycles. The van der Waals surface area contributed by atoms with Gasteiger partial charge in [-0.1, -0.05) is 6.07 Å². The first-order chi connectivity index (χ1) is 10.1. The summed E-state index contributed by atoms with van der Waals surface area (Å²) in [5.74, 6) is -0.926. The Bertz CT molecular complexity index is 810. The first kappa shape index (κ1) is 16.1. The average molecular weight is 332 g/mol. The van der Waals surface area contributed by atoms with Crippen LogP contribution in [0.2, 0.25) is 0 Å². The topological polar surface area (TPSA) is 68.2 Å². The second kappa shape index (κ2) is 5.48. The molecule has 0 radical (unpaired) electrons. The molecular formula is C13H11F3N2O3S. The maximum absolute atomic E-state index is 12.6. The molecule has 5 nitrogen and oxygen atoms in total. The summed E-state index contributed by atoms with van der Waals surface area (Å²) < 4.78 is 65.0. The molecule has 1 N–H and O–H groups in total. The van der Waals surface area contributed by atoms with E-state index in [-0.39, 0.29) is 5.69 Å². The summed E-state index contributed by atoms with van der Waals surface area (Å²) >= 11 is 0. The Hall–Kier alpha value is -2.29. The summed E-state index contributed by atoms with van der Waals surface area (Å²) in [4.78, 5) is 11.2. The number of benzene rings is 1. The number of amides is 1. The Morgan fingerprint density at radius 1 is 1.18 bits per heavy atom. The predicted molar refractivity (Wildman–Crippen MR) is 71.5 cm³/mol. The fourth-order valence-corrected chi connectivity index (χ4v) is 2.78. The number of carbonyl (C=O) groups excluding carboxylic acids is 1. The van der Waals surface area contributed by atoms with Gasteiger partial charge in [-0.3, -0.25) is 4.79 Å². The zero-order chi connectivity index (χ0) is 16.5. The molecule has 0 unspecified atom stereocenters. The van der Waals surface area contributed by atoms with Crippen LogP contribution in [0.4, 0.5) is 13.2 Å². The molecule has 1 heterocycles. The number of hydrogen-bond donors (Lipinski definition) is 1. The summed E-state index contributed by atoms with van der Waals surface area (Å²) in [6.07, 6.45) is -3.14. The van der Waals surface area contributed by atoms with Gasteiger partial charge >= 0.3 is 6.18 Å². The molecule has 0 atom stereocenters. The number of sulfonamides is 1. The monoisotopic (exact) mass is 332 g/mol. The first-order valence-electron chi connectivity index (χ1n) is 5.97. The Kier molecular flexibility index (Phi) is 4.01. The summed E-state index contributed by atoms with van der Waals surface area (Å²) in [7, 11) is -2.86. The van der Waals surface area contributed by atoms with Crippen molar-refractivity contribution in [1.29, 1.82) is 0 Å². The second-order valence-corrected chi connectivity index (χ2v) is 6.15. The number of aromatic nitrogens is 1. The molecule has 22 heavy (non-hydrogen) atoms. The average Bonchev–Trinajstić information content (AvgIpc) is 2.84. The van der Waals surface area contributed by atoms with E-state index in [0.29, 0.717) is 6.07 Å². The molecule has 1 aromatic carbocycles. The lowest BCUT2D eigenvalue weighted by molar-refractivity contribution is -0.137. The van der Waals surface area contributed by atoms with Crippen LogP contribution in [0.25, 0.3) is 0 Å². The molecular weight excluding hydrogens is 321 g/mol. The smallest absolute Gasteiger partial charge is 0.347 e. The Balaban J connectivity index is 2.32. The second-order valence-electron chi connectivity index (χ2n) is 4.46. The number of alkyl halides is 3. The third kappa shape index (κ3) is 3.30. The van der Waals surface area contributed by atoms with Crippen molar-refractivity contribution >= 4 is 15.9 Å². The van der Waals surface area contributed by atoms with Crippen molar-refractivity contribution in [3.63, 3.8) is 0 Å². The molecule has 118 valence electrons. The van der Waals surface area contributed by atoms with Crippen LogP contribution in [0.5, 0.6) is 0 Å². The maximum Gasteiger partial charge on any atom is 0.416 e. The highest BCUT2D eigenvalue weighted by Crippen LogP contribution is 2.30. The van der Waals surface area contributed by atoms with Crippen LogP contribution in [0, 0.1) is 0 Å². The van der Waals surface area contributed by atoms with Gasteiger partial charge in [0.15, 0.2) is 0 Å². The number of halogens is 3. The molecule has 0 saturated heterocycles. The van der Waals surface area contributed by atoms with E-state index in [0.717, 1.165) is 18.2 Å². The highest BCUT2D eigenvalue weighted by atomic mass is 32.2. The minimum Gasteiger partial charge on any atom is -0.347 e. The van der Waals surface area contributed by atoms with E-state index in [4.69, 9.17) is 0 Å². The molecule has 9 heteroatoms. The van der Waals surface area contributed by atoms with E-state index in [2.05, 4.69) is 0 Å². The third-order valence-corrected chi connectivity index (χ3v) is 4.20. The molecule has 0 aliphatic rings. The molecule has 1 aromatic heterocycles. The van der Waals surface area contributed by atoms with E-state index in [1.54, 1.807) is 4.72 Å². The SMILES string of the molecule is Cn1cccc1C(=O)NS(=O)(=O)c1cccc(C(F)(F)F)c1. The van der Waals surface area contributed by atoms with Crippen LogP contribution in [-0.2, 0) is 23.2 Å². The van der Waals surface area contributed by atoms with Gasteiger partial charge in [0.2, 0.25) is 0 Å². The molecule has 0 fully saturated rings. The molecule has 0 saturated carbocycles. The van der Waals surface area contributed by atoms with Crippen LogP contribution >= 0.6 is 0 Å². The number of nitrogens with zero attached hydrogens (tertiary/aromatic N) is 1. The van der Waals surface area contributed by atoms with Gasteiger partial charge in [-0.25, -0.2) is 13.1 Å². The number of rotatable bonds is 3. The third-order valence-electron chi connectivity index (χ3n) is 2.88. The molecule has 0 spiro atoms. The maximum atomic E-state index is 12.6. The van der Waals surface area contributed by atoms with Gasteiger partial charge < -0.3 is 4.57 Å². The zero-order valence-corrected chi connectivity index (χ0v) is 12.1. The minimum atomic E-state index is -4.67. The van der Waals surface area contributed by atoms with Crippen LogP contribution in [0.15, 0.2) is 47.5 Å². The van der Waals surface area contributed by atoms with Gasteiger partial charge in [-0.15, -0.1) is 0 Å². The van der Waals surface area contributed by atoms with Crippen molar-refractivity contribution in [3.05, 3.63) is 53.9 Å². The lowest BCUT2D eigenvalue weighted by atomic mass is 10.2. The van der Waals surface area contributed by atoms with E-state index in [1.807, 2.05) is 0 Å². The Labute approximate surface area is 124 Å². The summed E-state index contributed by atoms with van der Waals surface area (Å²) in [6, 6.07) is 6.08. The highest BCUT2D eigenvalue weighted by molar-refractivity contribution is 7.90. The highest BCUT2D eigenvalue weighted by Gasteiger charge is 2.32. The molecule has 0 aliphatic heterocycles. The van der Waals surface area contributed by atoms with E-state index >= 15 is 0 Å². The van der Waals surface area contributed by atoms with Gasteiger partial charge in [-0.2, -0.15) is 13.2 Å². The standard InChI is InChI=1S/C13H11F3N2O3S/c1-18-7-3-6-11(18)12(19)17-22(20,21)10-5-2-4-9(8-10)13(14,15)16/h2-8H,1H3,(H,17,19). The van der Waals surface area contributed by atoms with Crippen molar-refractivity contribution < 1.29 is 26.4 Å². The van der Waals surface area contributed by atoms with Gasteiger partial charge in [-0.05, 0) is 30.3 Å². The molecule has 0 bridgehead atoms. The largest absolute Gasteiger partial charge is 0.416 e. The minimum absolute atomic E-state index is 0.0653. The van der Waals surface area contributed by atoms with Crippen molar-refractivity contribution in [2.75, 3.05) is 0 Å². The number of aryl methyl sites for hydroxylation is 1. The fraction of sp³-hybridized carbons (Fsp3) is 0.154. The van der Waals surface area contributed by atoms with Crippen molar-refractivity contribution in [2.45, 2.75) is 11.1 Å². The van der Waals surface area contributed by atoms with Crippen LogP contribution in [0.1, 0.15) is 16.1 Å². The zero-order valence-electron chi connectivity index (χ0n) is 11.3. The van der Waals surface area contributed by atoms with Gasteiger partial charge in [0.1, 0.15) is 5.69 Å². The number of hydrogen-bond acceptors (Lipinski definition) is 3. The lowest BCUT2D eigenvalue weighted by Crippen LogP contribution is -2.31. The van der Waals surface area contributed by atoms with Crippen LogP contribution in [0.3, 0.4) is 0 Å². The fourth-order valence-electron chi connectivity index (χ4n) is 1.77. The van der Waals surface area contributed by atoms with Crippen LogP contribution in [-0.4, -0.2) is 18.9 Å². The summed E-state index contributed by atoms with van der Waals surface area (Å²) in [6.45, 7) is 0. The first-order valence-corrected chi connectivity index (χ1v) is 7.45. The van der Waals surface area contributed by atoms with E-state index in [1.165, 1.54) is 29.9 Å². The van der Waals surface area contributed by atoms with Crippen molar-refractivity contribution in [3.8, 4) is 0 Å². The van der Waals surface area contributed by atoms with Crippen LogP contribution < -0.4 is 4.72 Å². The number of carbonyl (C=O) groups is 1. The Morgan fingerprint density at radius 2 is 1.86 bits per heavy atom. The van der Waals surface area contributed by atoms with Gasteiger partial charge in [0.05, 0.1) is 10.5 Å². The molecule has 1 amide bonds. The van der Waals surface area contributed by atoms with Crippen molar-refractivity contribution in [1.82, 2.24) is 9.29 Å². The van der Waals surface area contributed by atoms with Gasteiger partial charge in [0.25, 0.3) is 15.9 Å². The lowest BCUT2D eigenvalue weighted by Gasteiger charge is -2.10. The van der Waals surface area contributed by atoms with Gasteiger partial charge in [0, 0.05) is 13.2 Å². The normalized spacial score (nSPS) is 12.2. The summed E-state index contributed by atoms with van der Waals surface area (Å²) in [5, 5.41) is 0. The summed E-state index contributed by atoms with van der Waals surface area (Å²) in [5.41, 5.74) is -1.04. The van der Waals surface area contributed by atoms with E-state index < -0.39 is 32.6 Å². The Morgan fingerprint density at radius 3 is 2.41 bits per heavy atom. The molecule has 2 rings (SSSR count).